The molecule has 1 aliphatic rings. The molecule has 1 aromatic rings. The first kappa shape index (κ1) is 16.4. The normalized spacial score (nSPS) is 19.6. The Hall–Kier alpha value is -0.990. The highest BCUT2D eigenvalue weighted by Crippen LogP contribution is 2.28. The van der Waals surface area contributed by atoms with Crippen LogP contribution in [0.5, 0.6) is 0 Å². The molecule has 1 saturated heterocycles. The highest BCUT2D eigenvalue weighted by Gasteiger charge is 2.32. The summed E-state index contributed by atoms with van der Waals surface area (Å²) >= 11 is 1.73. The molecular formula is C13H20N2O4S2. The standard InChI is InChI=1S/C13H20N2O4S2/c1-9(2)15-7-11(6-12(15)13(16)17)21(18,19)14(3)10-4-5-20-8-10/h6-7,9-10H,4-5,8H2,1-3H3,(H,16,17). The van der Waals surface area contributed by atoms with Gasteiger partial charge < -0.3 is 9.67 Å². The largest absolute Gasteiger partial charge is 0.477 e. The van der Waals surface area contributed by atoms with Crippen LogP contribution in [0.4, 0.5) is 0 Å². The Morgan fingerprint density at radius 1 is 1.52 bits per heavy atom. The van der Waals surface area contributed by atoms with Crippen LogP contribution < -0.4 is 0 Å². The summed E-state index contributed by atoms with van der Waals surface area (Å²) in [6, 6.07) is 1.11. The van der Waals surface area contributed by atoms with Crippen molar-refractivity contribution >= 4 is 27.8 Å². The van der Waals surface area contributed by atoms with Crippen LogP contribution in [-0.4, -0.2) is 53.0 Å². The molecule has 8 heteroatoms. The second-order valence-corrected chi connectivity index (χ2v) is 8.55. The number of sulfonamides is 1. The van der Waals surface area contributed by atoms with E-state index in [9.17, 15) is 18.3 Å². The fourth-order valence-corrected chi connectivity index (χ4v) is 5.14. The van der Waals surface area contributed by atoms with Crippen molar-refractivity contribution in [3.8, 4) is 0 Å². The zero-order valence-electron chi connectivity index (χ0n) is 12.3. The topological polar surface area (TPSA) is 79.6 Å². The quantitative estimate of drug-likeness (QED) is 0.891. The molecule has 6 nitrogen and oxygen atoms in total. The molecule has 2 rings (SSSR count). The van der Waals surface area contributed by atoms with E-state index >= 15 is 0 Å². The van der Waals surface area contributed by atoms with Crippen molar-refractivity contribution < 1.29 is 18.3 Å². The molecule has 118 valence electrons. The first-order chi connectivity index (χ1) is 9.75. The van der Waals surface area contributed by atoms with Gasteiger partial charge in [-0.25, -0.2) is 13.2 Å². The number of hydrogen-bond donors (Lipinski definition) is 1. The maximum atomic E-state index is 12.6. The van der Waals surface area contributed by atoms with Crippen molar-refractivity contribution in [2.45, 2.75) is 37.2 Å². The van der Waals surface area contributed by atoms with Crippen molar-refractivity contribution in [3.63, 3.8) is 0 Å². The lowest BCUT2D eigenvalue weighted by Crippen LogP contribution is -2.36. The molecule has 0 aliphatic carbocycles. The van der Waals surface area contributed by atoms with E-state index in [0.717, 1.165) is 17.9 Å². The lowest BCUT2D eigenvalue weighted by molar-refractivity contribution is 0.0683. The Labute approximate surface area is 129 Å². The number of aromatic nitrogens is 1. The van der Waals surface area contributed by atoms with E-state index in [1.807, 2.05) is 13.8 Å². The van der Waals surface area contributed by atoms with Gasteiger partial charge in [-0.05, 0) is 32.1 Å². The molecule has 0 spiro atoms. The molecule has 1 N–H and O–H groups in total. The third-order valence-corrected chi connectivity index (χ3v) is 6.72. The minimum absolute atomic E-state index is 0.00206. The van der Waals surface area contributed by atoms with Crippen LogP contribution in [0, 0.1) is 0 Å². The Balaban J connectivity index is 2.40. The van der Waals surface area contributed by atoms with Gasteiger partial charge >= 0.3 is 5.97 Å². The van der Waals surface area contributed by atoms with Gasteiger partial charge in [-0.3, -0.25) is 0 Å². The van der Waals surface area contributed by atoms with Crippen LogP contribution in [0.25, 0.3) is 0 Å². The summed E-state index contributed by atoms with van der Waals surface area (Å²) in [5.41, 5.74) is -0.00206. The van der Waals surface area contributed by atoms with Gasteiger partial charge in [0.05, 0.1) is 0 Å². The Morgan fingerprint density at radius 2 is 2.19 bits per heavy atom. The lowest BCUT2D eigenvalue weighted by Gasteiger charge is -2.22. The molecule has 1 atom stereocenters. The van der Waals surface area contributed by atoms with Crippen molar-refractivity contribution in [1.29, 1.82) is 0 Å². The van der Waals surface area contributed by atoms with Gasteiger partial charge in [0.1, 0.15) is 10.6 Å². The van der Waals surface area contributed by atoms with E-state index in [1.165, 1.54) is 21.1 Å². The molecular weight excluding hydrogens is 312 g/mol. The van der Waals surface area contributed by atoms with E-state index in [4.69, 9.17) is 0 Å². The van der Waals surface area contributed by atoms with Gasteiger partial charge in [0.2, 0.25) is 10.0 Å². The molecule has 1 fully saturated rings. The number of aromatic carboxylic acids is 1. The lowest BCUT2D eigenvalue weighted by atomic mass is 10.3. The number of carboxylic acid groups (broad SMARTS) is 1. The maximum absolute atomic E-state index is 12.6. The van der Waals surface area contributed by atoms with E-state index < -0.39 is 16.0 Å². The minimum Gasteiger partial charge on any atom is -0.477 e. The molecule has 1 unspecified atom stereocenters. The zero-order chi connectivity index (χ0) is 15.8. The van der Waals surface area contributed by atoms with Crippen molar-refractivity contribution in [2.75, 3.05) is 18.6 Å². The average Bonchev–Trinajstić information content (AvgIpc) is 3.07. The van der Waals surface area contributed by atoms with E-state index in [1.54, 1.807) is 18.8 Å². The molecule has 0 amide bonds. The third-order valence-electron chi connectivity index (χ3n) is 3.70. The fraction of sp³-hybridized carbons (Fsp3) is 0.615. The molecule has 0 saturated carbocycles. The predicted molar refractivity (Wildman–Crippen MR) is 82.5 cm³/mol. The molecule has 2 heterocycles. The van der Waals surface area contributed by atoms with Gasteiger partial charge in [0.15, 0.2) is 0 Å². The Bertz CT molecular complexity index is 631. The van der Waals surface area contributed by atoms with E-state index in [-0.39, 0.29) is 22.7 Å². The molecule has 0 aromatic carbocycles. The summed E-state index contributed by atoms with van der Waals surface area (Å²) in [5, 5.41) is 9.21. The van der Waals surface area contributed by atoms with E-state index in [2.05, 4.69) is 0 Å². The Morgan fingerprint density at radius 3 is 2.62 bits per heavy atom. The summed E-state index contributed by atoms with van der Waals surface area (Å²) < 4.78 is 28.1. The van der Waals surface area contributed by atoms with Crippen LogP contribution in [-0.2, 0) is 10.0 Å². The first-order valence-electron chi connectivity index (χ1n) is 6.76. The third kappa shape index (κ3) is 3.12. The highest BCUT2D eigenvalue weighted by molar-refractivity contribution is 7.99. The van der Waals surface area contributed by atoms with Crippen molar-refractivity contribution in [1.82, 2.24) is 8.87 Å². The maximum Gasteiger partial charge on any atom is 0.352 e. The van der Waals surface area contributed by atoms with Crippen LogP contribution in [0.3, 0.4) is 0 Å². The van der Waals surface area contributed by atoms with Gasteiger partial charge in [0, 0.05) is 31.1 Å². The second-order valence-electron chi connectivity index (χ2n) is 5.41. The average molecular weight is 332 g/mol. The first-order valence-corrected chi connectivity index (χ1v) is 9.35. The number of rotatable bonds is 5. The van der Waals surface area contributed by atoms with E-state index in [0.29, 0.717) is 0 Å². The second kappa shape index (κ2) is 6.02. The van der Waals surface area contributed by atoms with Crippen LogP contribution >= 0.6 is 11.8 Å². The number of thioether (sulfide) groups is 1. The summed E-state index contributed by atoms with van der Waals surface area (Å²) in [6.07, 6.45) is 2.25. The molecule has 0 radical (unpaired) electrons. The smallest absolute Gasteiger partial charge is 0.352 e. The Kier molecular flexibility index (Phi) is 4.69. The monoisotopic (exact) mass is 332 g/mol. The van der Waals surface area contributed by atoms with Gasteiger partial charge in [-0.2, -0.15) is 16.1 Å². The molecule has 21 heavy (non-hydrogen) atoms. The summed E-state index contributed by atoms with van der Waals surface area (Å²) in [5.74, 6) is 0.619. The molecule has 1 aliphatic heterocycles. The number of carboxylic acids is 1. The van der Waals surface area contributed by atoms with Gasteiger partial charge in [0.25, 0.3) is 0 Å². The number of hydrogen-bond acceptors (Lipinski definition) is 4. The zero-order valence-corrected chi connectivity index (χ0v) is 13.9. The minimum atomic E-state index is -3.66. The van der Waals surface area contributed by atoms with Crippen LogP contribution in [0.1, 0.15) is 36.8 Å². The number of nitrogens with zero attached hydrogens (tertiary/aromatic N) is 2. The van der Waals surface area contributed by atoms with Crippen molar-refractivity contribution in [2.24, 2.45) is 0 Å². The number of carbonyl (C=O) groups is 1. The molecule has 1 aromatic heterocycles. The van der Waals surface area contributed by atoms with Crippen LogP contribution in [0.15, 0.2) is 17.2 Å². The SMILES string of the molecule is CC(C)n1cc(S(=O)(=O)N(C)C2CCSC2)cc1C(=O)O. The fourth-order valence-electron chi connectivity index (χ4n) is 2.37. The highest BCUT2D eigenvalue weighted by atomic mass is 32.2. The summed E-state index contributed by atoms with van der Waals surface area (Å²) in [6.45, 7) is 3.64. The van der Waals surface area contributed by atoms with Gasteiger partial charge in [-0.15, -0.1) is 0 Å². The molecule has 0 bridgehead atoms. The van der Waals surface area contributed by atoms with Crippen molar-refractivity contribution in [3.05, 3.63) is 18.0 Å². The summed E-state index contributed by atoms with van der Waals surface area (Å²) in [7, 11) is -2.09. The predicted octanol–water partition coefficient (Wildman–Crippen LogP) is 1.89. The van der Waals surface area contributed by atoms with Gasteiger partial charge in [-0.1, -0.05) is 0 Å². The summed E-state index contributed by atoms with van der Waals surface area (Å²) in [4.78, 5) is 11.3. The van der Waals surface area contributed by atoms with Crippen LogP contribution in [0.2, 0.25) is 0 Å².